The van der Waals surface area contributed by atoms with Gasteiger partial charge in [0.15, 0.2) is 0 Å². The minimum absolute atomic E-state index is 0.0316. The van der Waals surface area contributed by atoms with Gasteiger partial charge in [0, 0.05) is 23.6 Å². The molecule has 0 radical (unpaired) electrons. The maximum atomic E-state index is 13.7. The van der Waals surface area contributed by atoms with E-state index in [1.807, 2.05) is 0 Å². The summed E-state index contributed by atoms with van der Waals surface area (Å²) < 4.78 is 40.3. The molecule has 116 valence electrons. The summed E-state index contributed by atoms with van der Waals surface area (Å²) in [7, 11) is 0. The highest BCUT2D eigenvalue weighted by Crippen LogP contribution is 2.28. The van der Waals surface area contributed by atoms with Crippen LogP contribution in [0.3, 0.4) is 0 Å². The lowest BCUT2D eigenvalue weighted by Crippen LogP contribution is -2.43. The summed E-state index contributed by atoms with van der Waals surface area (Å²) in [6, 6.07) is 0.897. The second kappa shape index (κ2) is 7.72. The monoisotopic (exact) mass is 324 g/mol. The number of rotatable bonds is 5. The highest BCUT2D eigenvalue weighted by atomic mass is 35.5. The maximum absolute atomic E-state index is 13.7. The highest BCUT2D eigenvalue weighted by molar-refractivity contribution is 6.17. The molecule has 0 fully saturated rings. The van der Waals surface area contributed by atoms with E-state index in [1.165, 1.54) is 0 Å². The van der Waals surface area contributed by atoms with Crippen LogP contribution in [0.1, 0.15) is 24.3 Å². The van der Waals surface area contributed by atoms with E-state index in [0.717, 1.165) is 0 Å². The van der Waals surface area contributed by atoms with Gasteiger partial charge in [0.05, 0.1) is 5.92 Å². The van der Waals surface area contributed by atoms with Gasteiger partial charge >= 0.3 is 6.09 Å². The number of hydrogen-bond donors (Lipinski definition) is 3. The molecule has 0 saturated carbocycles. The molecule has 0 saturated heterocycles. The van der Waals surface area contributed by atoms with Gasteiger partial charge in [-0.2, -0.15) is 0 Å². The zero-order chi connectivity index (χ0) is 16.0. The molecule has 1 rings (SSSR count). The summed E-state index contributed by atoms with van der Waals surface area (Å²) in [5, 5.41) is 8.39. The molecule has 0 aliphatic heterocycles. The van der Waals surface area contributed by atoms with Crippen molar-refractivity contribution in [2.24, 2.45) is 0 Å². The molecule has 0 aliphatic carbocycles. The molecule has 5 nitrogen and oxygen atoms in total. The van der Waals surface area contributed by atoms with Gasteiger partial charge in [-0.25, -0.2) is 23.4 Å². The first kappa shape index (κ1) is 17.1. The molecule has 2 amide bonds. The molecule has 1 atom stereocenters. The Balaban J connectivity index is 3.07. The molecule has 9 heteroatoms. The fourth-order valence-electron chi connectivity index (χ4n) is 1.78. The van der Waals surface area contributed by atoms with Crippen molar-refractivity contribution in [3.63, 3.8) is 0 Å². The van der Waals surface area contributed by atoms with Crippen LogP contribution < -0.4 is 10.9 Å². The third-order valence-corrected chi connectivity index (χ3v) is 2.90. The van der Waals surface area contributed by atoms with Crippen LogP contribution in [0.15, 0.2) is 12.1 Å². The topological polar surface area (TPSA) is 78.4 Å². The van der Waals surface area contributed by atoms with E-state index < -0.39 is 40.9 Å². The third-order valence-electron chi connectivity index (χ3n) is 2.63. The Morgan fingerprint density at radius 3 is 2.24 bits per heavy atom. The Bertz CT molecular complexity index is 519. The number of amides is 2. The average Bonchev–Trinajstić information content (AvgIpc) is 2.38. The Morgan fingerprint density at radius 1 is 1.19 bits per heavy atom. The van der Waals surface area contributed by atoms with E-state index in [0.29, 0.717) is 12.1 Å². The van der Waals surface area contributed by atoms with E-state index in [2.05, 4.69) is 0 Å². The Morgan fingerprint density at radius 2 is 1.76 bits per heavy atom. The van der Waals surface area contributed by atoms with Gasteiger partial charge in [0.2, 0.25) is 5.91 Å². The lowest BCUT2D eigenvalue weighted by atomic mass is 9.92. The first-order valence-corrected chi connectivity index (χ1v) is 6.39. The van der Waals surface area contributed by atoms with Crippen LogP contribution in [0.25, 0.3) is 0 Å². The Kier molecular flexibility index (Phi) is 6.29. The van der Waals surface area contributed by atoms with Crippen molar-refractivity contribution in [2.45, 2.75) is 18.8 Å². The van der Waals surface area contributed by atoms with Gasteiger partial charge in [0.1, 0.15) is 17.5 Å². The molecule has 1 aromatic rings. The van der Waals surface area contributed by atoms with Crippen molar-refractivity contribution in [3.05, 3.63) is 35.1 Å². The van der Waals surface area contributed by atoms with E-state index in [4.69, 9.17) is 16.7 Å². The number of hydrogen-bond acceptors (Lipinski definition) is 2. The molecule has 1 unspecified atom stereocenters. The van der Waals surface area contributed by atoms with Crippen molar-refractivity contribution < 1.29 is 27.9 Å². The summed E-state index contributed by atoms with van der Waals surface area (Å²) in [6.07, 6.45) is -1.32. The summed E-state index contributed by atoms with van der Waals surface area (Å²) in [4.78, 5) is 22.1. The standard InChI is InChI=1S/C12H12ClF3N2O3/c13-3-1-2-7(11(19)17-18-12(20)21)10-8(15)4-6(14)5-9(10)16/h4-5,7,18H,1-3H2,(H,17,19)(H,20,21). The van der Waals surface area contributed by atoms with Gasteiger partial charge in [-0.1, -0.05) is 0 Å². The van der Waals surface area contributed by atoms with Crippen molar-refractivity contribution >= 4 is 23.6 Å². The van der Waals surface area contributed by atoms with Crippen LogP contribution in [0.5, 0.6) is 0 Å². The molecule has 3 N–H and O–H groups in total. The van der Waals surface area contributed by atoms with E-state index >= 15 is 0 Å². The Hall–Kier alpha value is -1.96. The molecule has 0 bridgehead atoms. The first-order valence-electron chi connectivity index (χ1n) is 5.86. The van der Waals surface area contributed by atoms with Crippen LogP contribution in [0, 0.1) is 17.5 Å². The second-order valence-corrected chi connectivity index (χ2v) is 4.46. The number of nitrogens with one attached hydrogen (secondary N) is 2. The SMILES string of the molecule is O=C(O)NNC(=O)C(CCCCl)c1c(F)cc(F)cc1F. The molecule has 21 heavy (non-hydrogen) atoms. The normalized spacial score (nSPS) is 11.8. The fourth-order valence-corrected chi connectivity index (χ4v) is 1.93. The minimum atomic E-state index is -1.54. The lowest BCUT2D eigenvalue weighted by Gasteiger charge is -2.18. The predicted molar refractivity (Wildman–Crippen MR) is 68.3 cm³/mol. The van der Waals surface area contributed by atoms with Gasteiger partial charge < -0.3 is 5.11 Å². The Labute approximate surface area is 123 Å². The molecule has 0 aliphatic rings. The van der Waals surface area contributed by atoms with Gasteiger partial charge in [-0.05, 0) is 12.8 Å². The van der Waals surface area contributed by atoms with E-state index in [-0.39, 0.29) is 18.7 Å². The summed E-state index contributed by atoms with van der Waals surface area (Å²) in [6.45, 7) is 0. The molecule has 0 heterocycles. The molecular formula is C12H12ClF3N2O3. The maximum Gasteiger partial charge on any atom is 0.423 e. The van der Waals surface area contributed by atoms with Gasteiger partial charge in [0.25, 0.3) is 0 Å². The fraction of sp³-hybridized carbons (Fsp3) is 0.333. The number of benzene rings is 1. The average molecular weight is 325 g/mol. The summed E-state index contributed by atoms with van der Waals surface area (Å²) in [5.74, 6) is -5.73. The van der Waals surface area contributed by atoms with Crippen LogP contribution in [0.4, 0.5) is 18.0 Å². The van der Waals surface area contributed by atoms with Crippen LogP contribution >= 0.6 is 11.6 Å². The molecule has 0 spiro atoms. The van der Waals surface area contributed by atoms with E-state index in [1.54, 1.807) is 10.9 Å². The number of hydrazine groups is 1. The molecule has 0 aromatic heterocycles. The lowest BCUT2D eigenvalue weighted by molar-refractivity contribution is -0.123. The van der Waals surface area contributed by atoms with Crippen molar-refractivity contribution in [1.82, 2.24) is 10.9 Å². The summed E-state index contributed by atoms with van der Waals surface area (Å²) in [5.41, 5.74) is 2.75. The van der Waals surface area contributed by atoms with Crippen molar-refractivity contribution in [3.8, 4) is 0 Å². The number of carbonyl (C=O) groups is 2. The number of carbonyl (C=O) groups excluding carboxylic acids is 1. The molecular weight excluding hydrogens is 313 g/mol. The predicted octanol–water partition coefficient (Wildman–Crippen LogP) is 2.51. The number of alkyl halides is 1. The number of halogens is 4. The van der Waals surface area contributed by atoms with E-state index in [9.17, 15) is 22.8 Å². The smallest absolute Gasteiger partial charge is 0.423 e. The highest BCUT2D eigenvalue weighted by Gasteiger charge is 2.27. The molecule has 1 aromatic carbocycles. The minimum Gasteiger partial charge on any atom is -0.464 e. The zero-order valence-electron chi connectivity index (χ0n) is 10.6. The second-order valence-electron chi connectivity index (χ2n) is 4.09. The third kappa shape index (κ3) is 4.82. The van der Waals surface area contributed by atoms with Crippen molar-refractivity contribution in [2.75, 3.05) is 5.88 Å². The van der Waals surface area contributed by atoms with Crippen LogP contribution in [0.2, 0.25) is 0 Å². The quantitative estimate of drug-likeness (QED) is 0.575. The van der Waals surface area contributed by atoms with Gasteiger partial charge in [-0.3, -0.25) is 10.2 Å². The largest absolute Gasteiger partial charge is 0.464 e. The zero-order valence-corrected chi connectivity index (χ0v) is 11.4. The van der Waals surface area contributed by atoms with Crippen molar-refractivity contribution in [1.29, 1.82) is 0 Å². The first-order chi connectivity index (χ1) is 9.86. The van der Waals surface area contributed by atoms with Crippen LogP contribution in [-0.2, 0) is 4.79 Å². The van der Waals surface area contributed by atoms with Crippen LogP contribution in [-0.4, -0.2) is 23.0 Å². The van der Waals surface area contributed by atoms with Gasteiger partial charge in [-0.15, -0.1) is 11.6 Å². The number of carboxylic acid groups (broad SMARTS) is 1. The summed E-state index contributed by atoms with van der Waals surface area (Å²) >= 11 is 5.48.